The standard InChI is InChI=1S/C74H120O6/c1-4-7-10-13-16-19-22-25-28-30-32-33-34-35-36-37-38-39-40-41-42-44-46-49-52-55-58-61-64-67-73(76)79-70-71(69-78-72(75)66-63-60-57-54-51-48-45-27-24-21-18-15-12-9-6-3)80-74(77)68-65-62-59-56-53-50-47-43-31-29-26-23-20-17-14-11-8-5-2/h7,9-10,12,16,18-19,21,25,27-29,31-33,35-36,38-39,41-42,45,51,54,71H,4-6,8,11,13-15,17,20,22-24,26,30,34,37,40,43-44,46-50,52-53,55-70H2,1-3H3/b10-7-,12-9-,19-16-,21-18-,28-25-,31-29-,33-32-,36-35-,39-38-,42-41-,45-27-,54-51-. The summed E-state index contributed by atoms with van der Waals surface area (Å²) in [6, 6.07) is 0. The number of allylic oxidation sites excluding steroid dienone is 24. The monoisotopic (exact) mass is 1100 g/mol. The summed E-state index contributed by atoms with van der Waals surface area (Å²) in [5.74, 6) is -0.959. The van der Waals surface area contributed by atoms with Gasteiger partial charge in [-0.15, -0.1) is 0 Å². The van der Waals surface area contributed by atoms with Crippen molar-refractivity contribution in [2.75, 3.05) is 13.2 Å². The van der Waals surface area contributed by atoms with Gasteiger partial charge in [-0.1, -0.05) is 269 Å². The molecule has 0 rings (SSSR count). The molecule has 0 spiro atoms. The molecule has 0 aliphatic carbocycles. The quantitative estimate of drug-likeness (QED) is 0.0261. The van der Waals surface area contributed by atoms with Crippen LogP contribution in [0.25, 0.3) is 0 Å². The van der Waals surface area contributed by atoms with Crippen LogP contribution in [-0.2, 0) is 28.6 Å². The van der Waals surface area contributed by atoms with Crippen molar-refractivity contribution in [3.05, 3.63) is 146 Å². The normalized spacial score (nSPS) is 13.1. The van der Waals surface area contributed by atoms with Crippen molar-refractivity contribution in [1.82, 2.24) is 0 Å². The number of carbonyl (C=O) groups is 3. The average Bonchev–Trinajstić information content (AvgIpc) is 3.46. The van der Waals surface area contributed by atoms with E-state index in [0.29, 0.717) is 19.3 Å². The van der Waals surface area contributed by atoms with Gasteiger partial charge in [-0.05, 0) is 141 Å². The average molecular weight is 1110 g/mol. The Morgan fingerprint density at radius 2 is 0.487 bits per heavy atom. The van der Waals surface area contributed by atoms with Crippen molar-refractivity contribution in [2.45, 2.75) is 290 Å². The molecule has 0 aliphatic heterocycles. The molecule has 0 fully saturated rings. The van der Waals surface area contributed by atoms with E-state index in [0.717, 1.165) is 135 Å². The molecule has 0 aromatic heterocycles. The highest BCUT2D eigenvalue weighted by Crippen LogP contribution is 2.15. The van der Waals surface area contributed by atoms with E-state index in [1.54, 1.807) is 0 Å². The van der Waals surface area contributed by atoms with E-state index in [4.69, 9.17) is 14.2 Å². The molecule has 0 heterocycles. The fourth-order valence-electron chi connectivity index (χ4n) is 8.70. The van der Waals surface area contributed by atoms with Crippen LogP contribution >= 0.6 is 0 Å². The highest BCUT2D eigenvalue weighted by atomic mass is 16.6. The van der Waals surface area contributed by atoms with Crippen LogP contribution < -0.4 is 0 Å². The smallest absolute Gasteiger partial charge is 0.306 e. The van der Waals surface area contributed by atoms with E-state index in [-0.39, 0.29) is 31.1 Å². The van der Waals surface area contributed by atoms with Gasteiger partial charge in [0.2, 0.25) is 0 Å². The second kappa shape index (κ2) is 66.8. The Kier molecular flexibility index (Phi) is 62.9. The van der Waals surface area contributed by atoms with E-state index >= 15 is 0 Å². The molecule has 0 saturated heterocycles. The molecule has 0 aliphatic rings. The van der Waals surface area contributed by atoms with Gasteiger partial charge < -0.3 is 14.2 Å². The summed E-state index contributed by atoms with van der Waals surface area (Å²) in [5, 5.41) is 0. The summed E-state index contributed by atoms with van der Waals surface area (Å²) in [6.07, 6.45) is 95.7. The van der Waals surface area contributed by atoms with Gasteiger partial charge in [0.1, 0.15) is 13.2 Å². The van der Waals surface area contributed by atoms with Crippen LogP contribution in [0.4, 0.5) is 0 Å². The molecular weight excluding hydrogens is 985 g/mol. The van der Waals surface area contributed by atoms with Crippen LogP contribution in [-0.4, -0.2) is 37.2 Å². The zero-order valence-corrected chi connectivity index (χ0v) is 51.8. The molecule has 0 amide bonds. The number of hydrogen-bond acceptors (Lipinski definition) is 6. The Morgan fingerprint density at radius 3 is 0.800 bits per heavy atom. The minimum atomic E-state index is -0.809. The first-order valence-electron chi connectivity index (χ1n) is 32.8. The Balaban J connectivity index is 4.41. The predicted octanol–water partition coefficient (Wildman–Crippen LogP) is 22.7. The van der Waals surface area contributed by atoms with Gasteiger partial charge in [-0.25, -0.2) is 0 Å². The van der Waals surface area contributed by atoms with Gasteiger partial charge in [-0.2, -0.15) is 0 Å². The number of hydrogen-bond donors (Lipinski definition) is 0. The van der Waals surface area contributed by atoms with Crippen molar-refractivity contribution in [2.24, 2.45) is 0 Å². The molecule has 0 bridgehead atoms. The Hall–Kier alpha value is -4.71. The number of ether oxygens (including phenoxy) is 3. The van der Waals surface area contributed by atoms with E-state index in [2.05, 4.69) is 167 Å². The number of unbranched alkanes of at least 4 members (excludes halogenated alkanes) is 23. The van der Waals surface area contributed by atoms with E-state index < -0.39 is 6.10 Å². The molecule has 0 aromatic carbocycles. The molecule has 0 N–H and O–H groups in total. The first-order valence-corrected chi connectivity index (χ1v) is 32.8. The fourth-order valence-corrected chi connectivity index (χ4v) is 8.70. The minimum absolute atomic E-state index is 0.103. The summed E-state index contributed by atoms with van der Waals surface area (Å²) in [6.45, 7) is 6.37. The summed E-state index contributed by atoms with van der Waals surface area (Å²) in [5.41, 5.74) is 0. The van der Waals surface area contributed by atoms with Gasteiger partial charge in [-0.3, -0.25) is 14.4 Å². The first-order chi connectivity index (χ1) is 39.5. The first kappa shape index (κ1) is 75.3. The van der Waals surface area contributed by atoms with Crippen molar-refractivity contribution in [3.8, 4) is 0 Å². The molecule has 0 saturated carbocycles. The van der Waals surface area contributed by atoms with Gasteiger partial charge in [0, 0.05) is 19.3 Å². The maximum Gasteiger partial charge on any atom is 0.306 e. The summed E-state index contributed by atoms with van der Waals surface area (Å²) in [4.78, 5) is 38.3. The summed E-state index contributed by atoms with van der Waals surface area (Å²) >= 11 is 0. The zero-order valence-electron chi connectivity index (χ0n) is 51.8. The largest absolute Gasteiger partial charge is 0.462 e. The van der Waals surface area contributed by atoms with Crippen LogP contribution in [0.2, 0.25) is 0 Å². The van der Waals surface area contributed by atoms with E-state index in [9.17, 15) is 14.4 Å². The molecule has 80 heavy (non-hydrogen) atoms. The molecule has 6 nitrogen and oxygen atoms in total. The topological polar surface area (TPSA) is 78.9 Å². The SMILES string of the molecule is CC/C=C\C/C=C\C/C=C\C/C=C\C/C=C\C/C=C\C/C=C\CCCCCCCCCC(=O)OCC(COC(=O)CCCC/C=C\C/C=C\C/C=C\C/C=C\CC)OC(=O)CCCCCCCCC/C=C\CCCCCCCCC. The van der Waals surface area contributed by atoms with Crippen molar-refractivity contribution < 1.29 is 28.6 Å². The lowest BCUT2D eigenvalue weighted by molar-refractivity contribution is -0.167. The lowest BCUT2D eigenvalue weighted by Crippen LogP contribution is -2.30. The molecule has 6 heteroatoms. The Morgan fingerprint density at radius 1 is 0.263 bits per heavy atom. The minimum Gasteiger partial charge on any atom is -0.462 e. The maximum absolute atomic E-state index is 12.9. The second-order valence-corrected chi connectivity index (χ2v) is 21.3. The molecule has 452 valence electrons. The van der Waals surface area contributed by atoms with Crippen LogP contribution in [0.15, 0.2) is 146 Å². The predicted molar refractivity (Wildman–Crippen MR) is 348 cm³/mol. The lowest BCUT2D eigenvalue weighted by atomic mass is 10.1. The van der Waals surface area contributed by atoms with Crippen molar-refractivity contribution in [1.29, 1.82) is 0 Å². The van der Waals surface area contributed by atoms with Crippen molar-refractivity contribution >= 4 is 17.9 Å². The number of carbonyl (C=O) groups excluding carboxylic acids is 3. The summed E-state index contributed by atoms with van der Waals surface area (Å²) in [7, 11) is 0. The molecule has 0 radical (unpaired) electrons. The van der Waals surface area contributed by atoms with Gasteiger partial charge in [0.25, 0.3) is 0 Å². The van der Waals surface area contributed by atoms with E-state index in [1.165, 1.54) is 109 Å². The Bertz CT molecular complexity index is 1750. The van der Waals surface area contributed by atoms with E-state index in [1.807, 2.05) is 0 Å². The third kappa shape index (κ3) is 64.1. The number of rotatable bonds is 58. The molecule has 1 unspecified atom stereocenters. The third-order valence-corrected chi connectivity index (χ3v) is 13.6. The highest BCUT2D eigenvalue weighted by molar-refractivity contribution is 5.71. The lowest BCUT2D eigenvalue weighted by Gasteiger charge is -2.18. The zero-order chi connectivity index (χ0) is 57.8. The third-order valence-electron chi connectivity index (χ3n) is 13.6. The highest BCUT2D eigenvalue weighted by Gasteiger charge is 2.19. The maximum atomic E-state index is 12.9. The fraction of sp³-hybridized carbons (Fsp3) is 0.635. The van der Waals surface area contributed by atoms with Gasteiger partial charge in [0.05, 0.1) is 0 Å². The molecule has 1 atom stereocenters. The Labute approximate surface area is 493 Å². The van der Waals surface area contributed by atoms with Gasteiger partial charge >= 0.3 is 17.9 Å². The van der Waals surface area contributed by atoms with Crippen LogP contribution in [0.5, 0.6) is 0 Å². The van der Waals surface area contributed by atoms with Gasteiger partial charge in [0.15, 0.2) is 6.10 Å². The second-order valence-electron chi connectivity index (χ2n) is 21.3. The van der Waals surface area contributed by atoms with Crippen LogP contribution in [0.3, 0.4) is 0 Å². The molecular formula is C74H120O6. The number of esters is 3. The van der Waals surface area contributed by atoms with Crippen LogP contribution in [0, 0.1) is 0 Å². The van der Waals surface area contributed by atoms with Crippen LogP contribution in [0.1, 0.15) is 284 Å². The molecule has 0 aromatic rings. The summed E-state index contributed by atoms with van der Waals surface area (Å²) < 4.78 is 16.9. The van der Waals surface area contributed by atoms with Crippen molar-refractivity contribution in [3.63, 3.8) is 0 Å².